The molecule has 0 fully saturated rings. The highest BCUT2D eigenvalue weighted by molar-refractivity contribution is 6.30. The smallest absolute Gasteiger partial charge is 0.344 e. The average Bonchev–Trinajstić information content (AvgIpc) is 2.68. The van der Waals surface area contributed by atoms with Crippen molar-refractivity contribution < 1.29 is 23.8 Å². The molecule has 0 spiro atoms. The summed E-state index contributed by atoms with van der Waals surface area (Å²) in [7, 11) is 1.52. The van der Waals surface area contributed by atoms with E-state index in [1.807, 2.05) is 12.1 Å². The minimum absolute atomic E-state index is 0.351. The maximum Gasteiger partial charge on any atom is 0.344 e. The minimum Gasteiger partial charge on any atom is -0.493 e. The fourth-order valence-corrected chi connectivity index (χ4v) is 2.45. The zero-order chi connectivity index (χ0) is 20.5. The van der Waals surface area contributed by atoms with E-state index in [0.717, 1.165) is 5.56 Å². The third-order valence-corrected chi connectivity index (χ3v) is 3.99. The molecule has 2 rings (SSSR count). The van der Waals surface area contributed by atoms with Crippen molar-refractivity contribution in [2.24, 2.45) is 0 Å². The fourth-order valence-electron chi connectivity index (χ4n) is 2.32. The molecular formula is C21H22ClNO5. The van der Waals surface area contributed by atoms with Crippen molar-refractivity contribution >= 4 is 29.2 Å². The summed E-state index contributed by atoms with van der Waals surface area (Å²) < 4.78 is 15.8. The molecule has 148 valence electrons. The fraction of sp³-hybridized carbons (Fsp3) is 0.238. The number of benzene rings is 2. The standard InChI is InChI=1S/C21H22ClNO5/c1-4-5-15-6-11-18(19(12-15)26-3)27-13-20(24)28-14(2)21(25)23-17-9-7-16(22)8-10-17/h4,6-12,14H,1,5,13H2,2-3H3,(H,23,25)/t14-/m0/s1. The van der Waals surface area contributed by atoms with Crippen molar-refractivity contribution in [3.63, 3.8) is 0 Å². The van der Waals surface area contributed by atoms with E-state index >= 15 is 0 Å². The normalized spacial score (nSPS) is 11.2. The molecule has 0 aromatic heterocycles. The van der Waals surface area contributed by atoms with E-state index in [4.69, 9.17) is 25.8 Å². The first-order valence-electron chi connectivity index (χ1n) is 8.59. The molecule has 6 nitrogen and oxygen atoms in total. The number of carbonyl (C=O) groups is 2. The SMILES string of the molecule is C=CCc1ccc(OCC(=O)O[C@@H](C)C(=O)Nc2ccc(Cl)cc2)c(OC)c1. The van der Waals surface area contributed by atoms with Gasteiger partial charge in [-0.05, 0) is 55.3 Å². The lowest BCUT2D eigenvalue weighted by Crippen LogP contribution is -2.31. The Bertz CT molecular complexity index is 835. The Labute approximate surface area is 169 Å². The molecule has 0 aliphatic carbocycles. The zero-order valence-electron chi connectivity index (χ0n) is 15.7. The molecule has 28 heavy (non-hydrogen) atoms. The highest BCUT2D eigenvalue weighted by Gasteiger charge is 2.19. The number of rotatable bonds is 9. The lowest BCUT2D eigenvalue weighted by atomic mass is 10.1. The molecule has 0 saturated heterocycles. The second-order valence-electron chi connectivity index (χ2n) is 5.89. The Morgan fingerprint density at radius 2 is 1.89 bits per heavy atom. The van der Waals surface area contributed by atoms with Gasteiger partial charge in [0.15, 0.2) is 24.2 Å². The van der Waals surface area contributed by atoms with Gasteiger partial charge in [0.25, 0.3) is 5.91 Å². The van der Waals surface area contributed by atoms with Crippen molar-refractivity contribution in [3.05, 3.63) is 65.7 Å². The molecule has 1 N–H and O–H groups in total. The number of hydrogen-bond acceptors (Lipinski definition) is 5. The van der Waals surface area contributed by atoms with E-state index in [0.29, 0.717) is 28.6 Å². The average molecular weight is 404 g/mol. The molecule has 7 heteroatoms. The number of halogens is 1. The van der Waals surface area contributed by atoms with Crippen LogP contribution in [0.3, 0.4) is 0 Å². The van der Waals surface area contributed by atoms with Gasteiger partial charge in [0.05, 0.1) is 7.11 Å². The summed E-state index contributed by atoms with van der Waals surface area (Å²) in [4.78, 5) is 24.1. The van der Waals surface area contributed by atoms with E-state index in [-0.39, 0.29) is 6.61 Å². The first-order valence-corrected chi connectivity index (χ1v) is 8.97. The number of ether oxygens (including phenoxy) is 3. The Balaban J connectivity index is 1.86. The molecule has 0 radical (unpaired) electrons. The van der Waals surface area contributed by atoms with Gasteiger partial charge < -0.3 is 19.5 Å². The molecule has 2 aromatic rings. The van der Waals surface area contributed by atoms with Gasteiger partial charge in [-0.25, -0.2) is 4.79 Å². The van der Waals surface area contributed by atoms with Crippen LogP contribution in [0.2, 0.25) is 5.02 Å². The monoisotopic (exact) mass is 403 g/mol. The van der Waals surface area contributed by atoms with Crippen LogP contribution in [-0.2, 0) is 20.7 Å². The Hall–Kier alpha value is -2.99. The Morgan fingerprint density at radius 1 is 1.18 bits per heavy atom. The summed E-state index contributed by atoms with van der Waals surface area (Å²) in [6.07, 6.45) is 1.49. The molecule has 0 unspecified atom stereocenters. The topological polar surface area (TPSA) is 73.9 Å². The quantitative estimate of drug-likeness (QED) is 0.505. The van der Waals surface area contributed by atoms with Crippen LogP contribution in [0.15, 0.2) is 55.1 Å². The van der Waals surface area contributed by atoms with Gasteiger partial charge in [0.2, 0.25) is 0 Å². The number of nitrogens with one attached hydrogen (secondary N) is 1. The van der Waals surface area contributed by atoms with Crippen molar-refractivity contribution in [2.75, 3.05) is 19.0 Å². The third-order valence-electron chi connectivity index (χ3n) is 3.74. The molecule has 2 aromatic carbocycles. The van der Waals surface area contributed by atoms with Gasteiger partial charge in [-0.2, -0.15) is 0 Å². The summed E-state index contributed by atoms with van der Waals surface area (Å²) in [6.45, 7) is 4.82. The van der Waals surface area contributed by atoms with E-state index < -0.39 is 18.0 Å². The van der Waals surface area contributed by atoms with Crippen LogP contribution in [0.1, 0.15) is 12.5 Å². The number of hydrogen-bond donors (Lipinski definition) is 1. The number of methoxy groups -OCH3 is 1. The van der Waals surface area contributed by atoms with Gasteiger partial charge in [0, 0.05) is 10.7 Å². The molecule has 0 heterocycles. The molecular weight excluding hydrogens is 382 g/mol. The van der Waals surface area contributed by atoms with Crippen LogP contribution in [0, 0.1) is 0 Å². The van der Waals surface area contributed by atoms with Crippen LogP contribution in [0.25, 0.3) is 0 Å². The van der Waals surface area contributed by atoms with Crippen LogP contribution in [0.5, 0.6) is 11.5 Å². The second kappa shape index (κ2) is 10.4. The van der Waals surface area contributed by atoms with E-state index in [9.17, 15) is 9.59 Å². The summed E-state index contributed by atoms with van der Waals surface area (Å²) >= 11 is 5.80. The molecule has 0 bridgehead atoms. The first-order chi connectivity index (χ1) is 13.4. The highest BCUT2D eigenvalue weighted by atomic mass is 35.5. The van der Waals surface area contributed by atoms with Crippen LogP contribution < -0.4 is 14.8 Å². The maximum absolute atomic E-state index is 12.1. The number of allylic oxidation sites excluding steroid dienone is 1. The Kier molecular flexibility index (Phi) is 7.89. The molecule has 0 aliphatic rings. The van der Waals surface area contributed by atoms with Gasteiger partial charge in [-0.1, -0.05) is 23.7 Å². The third kappa shape index (κ3) is 6.32. The first kappa shape index (κ1) is 21.3. The summed E-state index contributed by atoms with van der Waals surface area (Å²) in [6, 6.07) is 12.0. The van der Waals surface area contributed by atoms with E-state index in [2.05, 4.69) is 11.9 Å². The van der Waals surface area contributed by atoms with E-state index in [1.54, 1.807) is 36.4 Å². The largest absolute Gasteiger partial charge is 0.493 e. The maximum atomic E-state index is 12.1. The molecule has 0 saturated carbocycles. The summed E-state index contributed by atoms with van der Waals surface area (Å²) in [5.74, 6) is -0.218. The predicted octanol–water partition coefficient (Wildman–Crippen LogP) is 4.03. The lowest BCUT2D eigenvalue weighted by molar-refractivity contribution is -0.155. The second-order valence-corrected chi connectivity index (χ2v) is 6.33. The van der Waals surface area contributed by atoms with Crippen molar-refractivity contribution in [3.8, 4) is 11.5 Å². The number of anilines is 1. The number of carbonyl (C=O) groups excluding carboxylic acids is 2. The summed E-state index contributed by atoms with van der Waals surface area (Å²) in [5.41, 5.74) is 1.56. The van der Waals surface area contributed by atoms with Crippen LogP contribution in [-0.4, -0.2) is 31.7 Å². The van der Waals surface area contributed by atoms with Crippen molar-refractivity contribution in [1.29, 1.82) is 0 Å². The van der Waals surface area contributed by atoms with Gasteiger partial charge in [-0.15, -0.1) is 6.58 Å². The number of amides is 1. The molecule has 1 atom stereocenters. The number of esters is 1. The van der Waals surface area contributed by atoms with Gasteiger partial charge >= 0.3 is 5.97 Å². The van der Waals surface area contributed by atoms with Gasteiger partial charge in [0.1, 0.15) is 0 Å². The lowest BCUT2D eigenvalue weighted by Gasteiger charge is -2.15. The van der Waals surface area contributed by atoms with Crippen molar-refractivity contribution in [2.45, 2.75) is 19.4 Å². The summed E-state index contributed by atoms with van der Waals surface area (Å²) in [5, 5.41) is 3.20. The minimum atomic E-state index is -0.983. The zero-order valence-corrected chi connectivity index (χ0v) is 16.5. The molecule has 1 amide bonds. The van der Waals surface area contributed by atoms with E-state index in [1.165, 1.54) is 14.0 Å². The Morgan fingerprint density at radius 3 is 2.54 bits per heavy atom. The predicted molar refractivity (Wildman–Crippen MR) is 108 cm³/mol. The van der Waals surface area contributed by atoms with Crippen LogP contribution in [0.4, 0.5) is 5.69 Å². The highest BCUT2D eigenvalue weighted by Crippen LogP contribution is 2.28. The van der Waals surface area contributed by atoms with Crippen molar-refractivity contribution in [1.82, 2.24) is 0 Å². The van der Waals surface area contributed by atoms with Gasteiger partial charge in [-0.3, -0.25) is 4.79 Å². The van der Waals surface area contributed by atoms with Crippen LogP contribution >= 0.6 is 11.6 Å². The molecule has 0 aliphatic heterocycles.